The van der Waals surface area contributed by atoms with Crippen molar-refractivity contribution in [3.63, 3.8) is 0 Å². The zero-order valence-electron chi connectivity index (χ0n) is 17.8. The molecule has 3 rings (SSSR count). The number of piperazine rings is 1. The normalized spacial score (nSPS) is 15.7. The Morgan fingerprint density at radius 2 is 1.79 bits per heavy atom. The minimum atomic E-state index is 0.102. The fourth-order valence-corrected chi connectivity index (χ4v) is 3.70. The number of guanidine groups is 1. The van der Waals surface area contributed by atoms with Crippen molar-refractivity contribution in [1.82, 2.24) is 20.4 Å². The molecule has 156 valence electrons. The van der Waals surface area contributed by atoms with Gasteiger partial charge in [0.15, 0.2) is 5.96 Å². The second kappa shape index (κ2) is 10.3. The molecule has 1 amide bonds. The molecule has 0 unspecified atom stereocenters. The quantitative estimate of drug-likeness (QED) is 0.583. The van der Waals surface area contributed by atoms with E-state index in [-0.39, 0.29) is 11.9 Å². The Labute approximate surface area is 174 Å². The number of benzene rings is 2. The first kappa shape index (κ1) is 21.1. The molecule has 2 aromatic carbocycles. The summed E-state index contributed by atoms with van der Waals surface area (Å²) in [4.78, 5) is 21.4. The fourth-order valence-electron chi connectivity index (χ4n) is 3.70. The van der Waals surface area contributed by atoms with E-state index in [0.717, 1.165) is 38.7 Å². The van der Waals surface area contributed by atoms with Crippen LogP contribution in [0.5, 0.6) is 0 Å². The third-order valence-corrected chi connectivity index (χ3v) is 5.10. The number of hydrogen-bond donors (Lipinski definition) is 2. The topological polar surface area (TPSA) is 60.0 Å². The van der Waals surface area contributed by atoms with Crippen molar-refractivity contribution in [3.8, 4) is 0 Å². The summed E-state index contributed by atoms with van der Waals surface area (Å²) in [5.41, 5.74) is 1.24. The summed E-state index contributed by atoms with van der Waals surface area (Å²) in [7, 11) is 0. The van der Waals surface area contributed by atoms with Crippen molar-refractivity contribution < 1.29 is 4.79 Å². The zero-order chi connectivity index (χ0) is 20.6. The first-order chi connectivity index (χ1) is 14.1. The first-order valence-corrected chi connectivity index (χ1v) is 10.6. The van der Waals surface area contributed by atoms with Crippen LogP contribution in [0.2, 0.25) is 0 Å². The van der Waals surface area contributed by atoms with E-state index in [1.807, 2.05) is 13.8 Å². The number of fused-ring (bicyclic) bond motifs is 1. The number of nitrogens with one attached hydrogen (secondary N) is 2. The van der Waals surface area contributed by atoms with Gasteiger partial charge in [0, 0.05) is 38.8 Å². The summed E-state index contributed by atoms with van der Waals surface area (Å²) in [6, 6.07) is 15.0. The molecular weight excluding hydrogens is 362 g/mol. The van der Waals surface area contributed by atoms with Crippen LogP contribution in [0.25, 0.3) is 10.8 Å². The van der Waals surface area contributed by atoms with Gasteiger partial charge >= 0.3 is 0 Å². The number of carbonyl (C=O) groups is 1. The van der Waals surface area contributed by atoms with Crippen LogP contribution in [0.4, 0.5) is 0 Å². The van der Waals surface area contributed by atoms with E-state index in [1.165, 1.54) is 16.3 Å². The number of nitrogens with zero attached hydrogens (tertiary/aromatic N) is 3. The molecule has 0 bridgehead atoms. The van der Waals surface area contributed by atoms with E-state index >= 15 is 0 Å². The highest BCUT2D eigenvalue weighted by Crippen LogP contribution is 2.19. The summed E-state index contributed by atoms with van der Waals surface area (Å²) in [6.07, 6.45) is 0. The fraction of sp³-hybridized carbons (Fsp3) is 0.478. The highest BCUT2D eigenvalue weighted by atomic mass is 16.2. The molecule has 1 aliphatic rings. The van der Waals surface area contributed by atoms with E-state index < -0.39 is 0 Å². The van der Waals surface area contributed by atoms with Crippen molar-refractivity contribution in [2.75, 3.05) is 39.3 Å². The van der Waals surface area contributed by atoms with Gasteiger partial charge in [0.2, 0.25) is 5.91 Å². The van der Waals surface area contributed by atoms with E-state index in [2.05, 4.69) is 69.8 Å². The van der Waals surface area contributed by atoms with Crippen molar-refractivity contribution in [3.05, 3.63) is 48.0 Å². The zero-order valence-corrected chi connectivity index (χ0v) is 17.8. The summed E-state index contributed by atoms with van der Waals surface area (Å²) in [6.45, 7) is 11.5. The van der Waals surface area contributed by atoms with Crippen LogP contribution in [0, 0.1) is 0 Å². The second-order valence-electron chi connectivity index (χ2n) is 7.79. The summed E-state index contributed by atoms with van der Waals surface area (Å²) < 4.78 is 0. The summed E-state index contributed by atoms with van der Waals surface area (Å²) in [5, 5.41) is 8.91. The lowest BCUT2D eigenvalue weighted by molar-refractivity contribution is -0.123. The standard InChI is InChI=1S/C23H33N5O/c1-4-24-23(25-16-20-10-7-9-19-8-5-6-11-21(19)20)28-14-12-27(13-15-28)17-22(29)26-18(2)3/h5-11,18H,4,12-17H2,1-3H3,(H,24,25)(H,26,29). The lowest BCUT2D eigenvalue weighted by Crippen LogP contribution is -2.54. The lowest BCUT2D eigenvalue weighted by Gasteiger charge is -2.36. The predicted octanol–water partition coefficient (Wildman–Crippen LogP) is 2.45. The average molecular weight is 396 g/mol. The monoisotopic (exact) mass is 395 g/mol. The maximum Gasteiger partial charge on any atom is 0.234 e. The molecule has 0 radical (unpaired) electrons. The molecule has 1 saturated heterocycles. The molecule has 0 aliphatic carbocycles. The molecule has 1 heterocycles. The van der Waals surface area contributed by atoms with Gasteiger partial charge in [-0.3, -0.25) is 9.69 Å². The highest BCUT2D eigenvalue weighted by molar-refractivity contribution is 5.86. The van der Waals surface area contributed by atoms with Crippen LogP contribution in [-0.2, 0) is 11.3 Å². The average Bonchev–Trinajstić information content (AvgIpc) is 2.71. The number of aliphatic imine (C=N–C) groups is 1. The maximum atomic E-state index is 12.0. The molecule has 0 aromatic heterocycles. The maximum absolute atomic E-state index is 12.0. The third kappa shape index (κ3) is 5.94. The van der Waals surface area contributed by atoms with Crippen LogP contribution >= 0.6 is 0 Å². The molecule has 6 nitrogen and oxygen atoms in total. The molecule has 1 fully saturated rings. The Kier molecular flexibility index (Phi) is 7.47. The van der Waals surface area contributed by atoms with Gasteiger partial charge in [0.25, 0.3) is 0 Å². The van der Waals surface area contributed by atoms with Crippen molar-refractivity contribution in [2.45, 2.75) is 33.4 Å². The Bertz CT molecular complexity index is 835. The van der Waals surface area contributed by atoms with Gasteiger partial charge < -0.3 is 15.5 Å². The van der Waals surface area contributed by atoms with E-state index in [0.29, 0.717) is 13.1 Å². The molecule has 1 aliphatic heterocycles. The molecule has 2 aromatic rings. The van der Waals surface area contributed by atoms with Crippen LogP contribution in [0.3, 0.4) is 0 Å². The molecular formula is C23H33N5O. The van der Waals surface area contributed by atoms with Crippen LogP contribution in [-0.4, -0.2) is 67.0 Å². The highest BCUT2D eigenvalue weighted by Gasteiger charge is 2.21. The minimum absolute atomic E-state index is 0.102. The van der Waals surface area contributed by atoms with Crippen molar-refractivity contribution in [1.29, 1.82) is 0 Å². The van der Waals surface area contributed by atoms with Crippen LogP contribution in [0.1, 0.15) is 26.3 Å². The predicted molar refractivity (Wildman–Crippen MR) is 120 cm³/mol. The van der Waals surface area contributed by atoms with Crippen molar-refractivity contribution >= 4 is 22.6 Å². The minimum Gasteiger partial charge on any atom is -0.357 e. The van der Waals surface area contributed by atoms with Crippen molar-refractivity contribution in [2.24, 2.45) is 4.99 Å². The van der Waals surface area contributed by atoms with Gasteiger partial charge in [-0.15, -0.1) is 0 Å². The Balaban J connectivity index is 1.62. The third-order valence-electron chi connectivity index (χ3n) is 5.10. The Hall–Kier alpha value is -2.60. The van der Waals surface area contributed by atoms with Gasteiger partial charge in [-0.25, -0.2) is 4.99 Å². The lowest BCUT2D eigenvalue weighted by atomic mass is 10.1. The number of rotatable bonds is 6. The van der Waals surface area contributed by atoms with Gasteiger partial charge in [-0.05, 0) is 37.1 Å². The SMILES string of the molecule is CCNC(=NCc1cccc2ccccc12)N1CCN(CC(=O)NC(C)C)CC1. The summed E-state index contributed by atoms with van der Waals surface area (Å²) in [5.74, 6) is 1.05. The molecule has 0 saturated carbocycles. The number of amides is 1. The van der Waals surface area contributed by atoms with E-state index in [4.69, 9.17) is 4.99 Å². The van der Waals surface area contributed by atoms with Crippen LogP contribution < -0.4 is 10.6 Å². The molecule has 6 heteroatoms. The second-order valence-corrected chi connectivity index (χ2v) is 7.79. The Morgan fingerprint density at radius 1 is 1.07 bits per heavy atom. The van der Waals surface area contributed by atoms with E-state index in [9.17, 15) is 4.79 Å². The van der Waals surface area contributed by atoms with E-state index in [1.54, 1.807) is 0 Å². The summed E-state index contributed by atoms with van der Waals surface area (Å²) >= 11 is 0. The van der Waals surface area contributed by atoms with Gasteiger partial charge in [-0.2, -0.15) is 0 Å². The number of hydrogen-bond acceptors (Lipinski definition) is 3. The largest absolute Gasteiger partial charge is 0.357 e. The molecule has 2 N–H and O–H groups in total. The van der Waals surface area contributed by atoms with Gasteiger partial charge in [-0.1, -0.05) is 42.5 Å². The van der Waals surface area contributed by atoms with Crippen LogP contribution in [0.15, 0.2) is 47.5 Å². The molecule has 0 spiro atoms. The molecule has 0 atom stereocenters. The van der Waals surface area contributed by atoms with Gasteiger partial charge in [0.05, 0.1) is 13.1 Å². The smallest absolute Gasteiger partial charge is 0.234 e. The number of carbonyl (C=O) groups excluding carboxylic acids is 1. The Morgan fingerprint density at radius 3 is 2.52 bits per heavy atom. The first-order valence-electron chi connectivity index (χ1n) is 10.6. The molecule has 29 heavy (non-hydrogen) atoms. The van der Waals surface area contributed by atoms with Gasteiger partial charge in [0.1, 0.15) is 0 Å².